The van der Waals surface area contributed by atoms with Crippen molar-refractivity contribution in [3.8, 4) is 16.8 Å². The summed E-state index contributed by atoms with van der Waals surface area (Å²) in [6.45, 7) is 4.14. The van der Waals surface area contributed by atoms with Gasteiger partial charge in [-0.15, -0.1) is 0 Å². The van der Waals surface area contributed by atoms with Crippen molar-refractivity contribution in [1.29, 1.82) is 0 Å². The minimum Gasteiger partial charge on any atom is -0.405 e. The van der Waals surface area contributed by atoms with Crippen LogP contribution >= 0.6 is 0 Å². The third-order valence-corrected chi connectivity index (χ3v) is 8.37. The zero-order valence-electron chi connectivity index (χ0n) is 26.4. The lowest BCUT2D eigenvalue weighted by atomic mass is 9.98. The van der Waals surface area contributed by atoms with Crippen LogP contribution in [0.1, 0.15) is 31.4 Å². The number of hydrogen-bond acceptors (Lipinski definition) is 2. The van der Waals surface area contributed by atoms with E-state index in [1.54, 1.807) is 12.4 Å². The average molecular weight is 598 g/mol. The molecule has 4 N–H and O–H groups in total. The van der Waals surface area contributed by atoms with Crippen LogP contribution in [-0.2, 0) is 0 Å². The fraction of sp³-hybridized carbons (Fsp3) is 0.0698. The molecule has 1 aromatic heterocycles. The number of para-hydroxylation sites is 1. The first-order valence-electron chi connectivity index (χ1n) is 15.7. The number of allylic oxidation sites excluding steroid dienone is 9. The van der Waals surface area contributed by atoms with Gasteiger partial charge in [-0.05, 0) is 108 Å². The van der Waals surface area contributed by atoms with Gasteiger partial charge in [0.15, 0.2) is 0 Å². The number of benzene rings is 5. The molecule has 0 aliphatic heterocycles. The van der Waals surface area contributed by atoms with Crippen molar-refractivity contribution < 1.29 is 0 Å². The molecule has 6 aromatic rings. The van der Waals surface area contributed by atoms with Crippen LogP contribution in [0.25, 0.3) is 61.0 Å². The predicted octanol–water partition coefficient (Wildman–Crippen LogP) is 10.9. The molecular formula is C43H39N3. The number of nitrogens with zero attached hydrogens (tertiary/aromatic N) is 1. The molecule has 0 aliphatic carbocycles. The number of hydrogen-bond donors (Lipinski definition) is 2. The highest BCUT2D eigenvalue weighted by atomic mass is 15.0. The Kier molecular flexibility index (Phi) is 9.12. The van der Waals surface area contributed by atoms with Crippen molar-refractivity contribution in [1.82, 2.24) is 4.57 Å². The van der Waals surface area contributed by atoms with Crippen LogP contribution in [-0.4, -0.2) is 4.57 Å². The highest BCUT2D eigenvalue weighted by Crippen LogP contribution is 2.39. The fourth-order valence-corrected chi connectivity index (χ4v) is 6.11. The Hall–Kier alpha value is -5.80. The second kappa shape index (κ2) is 13.9. The van der Waals surface area contributed by atoms with Gasteiger partial charge in [-0.25, -0.2) is 0 Å². The zero-order valence-corrected chi connectivity index (χ0v) is 26.4. The molecule has 3 nitrogen and oxygen atoms in total. The monoisotopic (exact) mass is 597 g/mol. The molecule has 0 amide bonds. The lowest BCUT2D eigenvalue weighted by Crippen LogP contribution is -1.94. The molecule has 0 unspecified atom stereocenters. The van der Waals surface area contributed by atoms with Crippen LogP contribution in [0, 0.1) is 0 Å². The van der Waals surface area contributed by atoms with E-state index in [-0.39, 0.29) is 0 Å². The Labute approximate surface area is 271 Å². The van der Waals surface area contributed by atoms with Gasteiger partial charge >= 0.3 is 0 Å². The van der Waals surface area contributed by atoms with Gasteiger partial charge in [-0.2, -0.15) is 0 Å². The van der Waals surface area contributed by atoms with E-state index in [2.05, 4.69) is 145 Å². The molecule has 0 radical (unpaired) electrons. The number of nitrogens with two attached hydrogens (primary N) is 2. The largest absolute Gasteiger partial charge is 0.405 e. The van der Waals surface area contributed by atoms with E-state index in [1.807, 2.05) is 25.2 Å². The molecule has 0 spiro atoms. The van der Waals surface area contributed by atoms with Gasteiger partial charge in [-0.1, -0.05) is 115 Å². The van der Waals surface area contributed by atoms with Crippen LogP contribution in [0.5, 0.6) is 0 Å². The van der Waals surface area contributed by atoms with E-state index in [0.29, 0.717) is 0 Å². The van der Waals surface area contributed by atoms with E-state index in [4.69, 9.17) is 11.5 Å². The Morgan fingerprint density at radius 1 is 0.717 bits per heavy atom. The van der Waals surface area contributed by atoms with Gasteiger partial charge in [0.05, 0.1) is 11.0 Å². The average Bonchev–Trinajstić information content (AvgIpc) is 3.44. The molecule has 1 heterocycles. The predicted molar refractivity (Wildman–Crippen MR) is 201 cm³/mol. The SMILES string of the molecule is C/C=C(\C=C/N)c1cccc(-c2ccc3c4ccc5cc(/C=C/C=C\C/C(C)=C/C=C\N)ccc5c4n(-c4ccccc4)c3c2)c1. The third-order valence-electron chi connectivity index (χ3n) is 8.37. The number of aromatic nitrogens is 1. The summed E-state index contributed by atoms with van der Waals surface area (Å²) < 4.78 is 2.42. The molecule has 0 atom stereocenters. The number of rotatable bonds is 9. The van der Waals surface area contributed by atoms with Crippen LogP contribution < -0.4 is 11.5 Å². The van der Waals surface area contributed by atoms with Gasteiger partial charge in [-0.3, -0.25) is 0 Å². The van der Waals surface area contributed by atoms with Crippen LogP contribution in [0.15, 0.2) is 164 Å². The fourth-order valence-electron chi connectivity index (χ4n) is 6.11. The van der Waals surface area contributed by atoms with E-state index < -0.39 is 0 Å². The molecule has 0 aliphatic rings. The molecule has 0 saturated carbocycles. The molecule has 46 heavy (non-hydrogen) atoms. The highest BCUT2D eigenvalue weighted by molar-refractivity contribution is 6.19. The first kappa shape index (κ1) is 30.2. The zero-order chi connectivity index (χ0) is 31.9. The maximum absolute atomic E-state index is 5.73. The number of fused-ring (bicyclic) bond motifs is 5. The third kappa shape index (κ3) is 6.22. The van der Waals surface area contributed by atoms with Crippen molar-refractivity contribution >= 4 is 44.2 Å². The van der Waals surface area contributed by atoms with Crippen molar-refractivity contribution in [3.63, 3.8) is 0 Å². The summed E-state index contributed by atoms with van der Waals surface area (Å²) in [5.74, 6) is 0. The van der Waals surface area contributed by atoms with Crippen molar-refractivity contribution in [2.45, 2.75) is 20.3 Å². The van der Waals surface area contributed by atoms with E-state index in [9.17, 15) is 0 Å². The summed E-state index contributed by atoms with van der Waals surface area (Å²) in [5.41, 5.74) is 21.7. The summed E-state index contributed by atoms with van der Waals surface area (Å²) in [7, 11) is 0. The first-order chi connectivity index (χ1) is 22.6. The Balaban J connectivity index is 1.45. The molecule has 0 fully saturated rings. The normalized spacial score (nSPS) is 13.2. The summed E-state index contributed by atoms with van der Waals surface area (Å²) in [6, 6.07) is 37.4. The second-order valence-electron chi connectivity index (χ2n) is 11.4. The van der Waals surface area contributed by atoms with Crippen LogP contribution in [0.3, 0.4) is 0 Å². The molecular weight excluding hydrogens is 558 g/mol. The molecule has 3 heteroatoms. The van der Waals surface area contributed by atoms with Crippen LogP contribution in [0.4, 0.5) is 0 Å². The minimum atomic E-state index is 0.893. The lowest BCUT2D eigenvalue weighted by molar-refractivity contribution is 1.19. The van der Waals surface area contributed by atoms with Gasteiger partial charge < -0.3 is 16.0 Å². The highest BCUT2D eigenvalue weighted by Gasteiger charge is 2.16. The van der Waals surface area contributed by atoms with Gasteiger partial charge in [0.25, 0.3) is 0 Å². The topological polar surface area (TPSA) is 57.0 Å². The smallest absolute Gasteiger partial charge is 0.0619 e. The summed E-state index contributed by atoms with van der Waals surface area (Å²) in [5, 5.41) is 4.93. The Morgan fingerprint density at radius 3 is 2.33 bits per heavy atom. The summed E-state index contributed by atoms with van der Waals surface area (Å²) >= 11 is 0. The van der Waals surface area contributed by atoms with Crippen LogP contribution in [0.2, 0.25) is 0 Å². The van der Waals surface area contributed by atoms with E-state index >= 15 is 0 Å². The maximum Gasteiger partial charge on any atom is 0.0619 e. The Morgan fingerprint density at radius 2 is 1.52 bits per heavy atom. The maximum atomic E-state index is 5.73. The second-order valence-corrected chi connectivity index (χ2v) is 11.4. The standard InChI is InChI=1S/C43H39N3/c1-3-33(25-27-45)34-15-10-16-35(29-34)36-20-23-40-41-24-21-37-28-32(14-7-4-6-12-31(2)13-11-26-44)19-22-39(37)43(41)46(42(40)30-36)38-17-8-5-9-18-38/h3-11,13-30H,12,44-45H2,1-2H3/b6-4-,14-7+,26-11-,27-25-,31-13+,33-3+. The quantitative estimate of drug-likeness (QED) is 0.163. The lowest BCUT2D eigenvalue weighted by Gasteiger charge is -2.11. The summed E-state index contributed by atoms with van der Waals surface area (Å²) in [6.07, 6.45) is 20.5. The Bertz CT molecular complexity index is 2200. The molecule has 0 bridgehead atoms. The van der Waals surface area contributed by atoms with Gasteiger partial charge in [0.2, 0.25) is 0 Å². The van der Waals surface area contributed by atoms with Crippen molar-refractivity contribution in [2.24, 2.45) is 11.5 Å². The van der Waals surface area contributed by atoms with Crippen molar-refractivity contribution in [3.05, 3.63) is 175 Å². The molecule has 0 saturated heterocycles. The molecule has 6 rings (SSSR count). The van der Waals surface area contributed by atoms with E-state index in [0.717, 1.165) is 23.2 Å². The molecule has 5 aromatic carbocycles. The van der Waals surface area contributed by atoms with Crippen molar-refractivity contribution in [2.75, 3.05) is 0 Å². The van der Waals surface area contributed by atoms with Gasteiger partial charge in [0, 0.05) is 21.8 Å². The van der Waals surface area contributed by atoms with Gasteiger partial charge in [0.1, 0.15) is 0 Å². The summed E-state index contributed by atoms with van der Waals surface area (Å²) in [4.78, 5) is 0. The molecule has 226 valence electrons. The first-order valence-corrected chi connectivity index (χ1v) is 15.7. The minimum absolute atomic E-state index is 0.893. The van der Waals surface area contributed by atoms with E-state index in [1.165, 1.54) is 54.8 Å².